The van der Waals surface area contributed by atoms with Crippen molar-refractivity contribution in [3.8, 4) is 0 Å². The molecule has 1 aliphatic rings. The number of rotatable bonds is 6. The third-order valence-corrected chi connectivity index (χ3v) is 7.30. The van der Waals surface area contributed by atoms with Crippen molar-refractivity contribution in [3.05, 3.63) is 78.0 Å². The van der Waals surface area contributed by atoms with Gasteiger partial charge in [-0.15, -0.1) is 0 Å². The second-order valence-corrected chi connectivity index (χ2v) is 9.51. The van der Waals surface area contributed by atoms with Crippen LogP contribution in [0, 0.1) is 11.6 Å². The molecular formula is C25H33F2N3O2S. The third kappa shape index (κ3) is 6.95. The Kier molecular flexibility index (Phi) is 9.73. The van der Waals surface area contributed by atoms with Gasteiger partial charge >= 0.3 is 0 Å². The summed E-state index contributed by atoms with van der Waals surface area (Å²) in [6, 6.07) is 10.9. The summed E-state index contributed by atoms with van der Waals surface area (Å²) in [6.07, 6.45) is 1.19. The van der Waals surface area contributed by atoms with Gasteiger partial charge in [-0.1, -0.05) is 39.5 Å². The molecule has 0 saturated carbocycles. The van der Waals surface area contributed by atoms with Crippen LogP contribution in [-0.2, 0) is 16.4 Å². The lowest BCUT2D eigenvalue weighted by molar-refractivity contribution is 0.203. The van der Waals surface area contributed by atoms with Crippen LogP contribution in [0.3, 0.4) is 0 Å². The largest absolute Gasteiger partial charge is 0.357 e. The van der Waals surface area contributed by atoms with Crippen LogP contribution in [0.5, 0.6) is 0 Å². The van der Waals surface area contributed by atoms with Crippen LogP contribution in [-0.4, -0.2) is 49.1 Å². The van der Waals surface area contributed by atoms with E-state index in [1.807, 2.05) is 27.7 Å². The molecule has 33 heavy (non-hydrogen) atoms. The van der Waals surface area contributed by atoms with E-state index in [2.05, 4.69) is 16.5 Å². The van der Waals surface area contributed by atoms with E-state index < -0.39 is 15.8 Å². The summed E-state index contributed by atoms with van der Waals surface area (Å²) in [4.78, 5) is 6.84. The number of benzene rings is 2. The zero-order chi connectivity index (χ0) is 24.6. The van der Waals surface area contributed by atoms with Crippen molar-refractivity contribution in [1.29, 1.82) is 0 Å². The van der Waals surface area contributed by atoms with Gasteiger partial charge in [-0.3, -0.25) is 0 Å². The highest BCUT2D eigenvalue weighted by Crippen LogP contribution is 2.22. The first-order chi connectivity index (χ1) is 15.7. The van der Waals surface area contributed by atoms with Crippen LogP contribution >= 0.6 is 0 Å². The van der Waals surface area contributed by atoms with Gasteiger partial charge in [0.05, 0.1) is 4.90 Å². The predicted octanol–water partition coefficient (Wildman–Crippen LogP) is 5.25. The van der Waals surface area contributed by atoms with E-state index in [0.29, 0.717) is 38.2 Å². The van der Waals surface area contributed by atoms with Gasteiger partial charge in [0.2, 0.25) is 10.0 Å². The zero-order valence-electron chi connectivity index (χ0n) is 19.8. The Morgan fingerprint density at radius 1 is 1.03 bits per heavy atom. The lowest BCUT2D eigenvalue weighted by Crippen LogP contribution is -2.55. The predicted molar refractivity (Wildman–Crippen MR) is 130 cm³/mol. The third-order valence-electron chi connectivity index (χ3n) is 5.28. The molecule has 0 amide bonds. The second-order valence-electron chi connectivity index (χ2n) is 7.62. The molecule has 1 heterocycles. The monoisotopic (exact) mass is 477 g/mol. The van der Waals surface area contributed by atoms with Crippen molar-refractivity contribution in [1.82, 2.24) is 9.21 Å². The Labute approximate surface area is 196 Å². The summed E-state index contributed by atoms with van der Waals surface area (Å²) in [5.74, 6) is 0.0915. The summed E-state index contributed by atoms with van der Waals surface area (Å²) in [6.45, 7) is 13.2. The fourth-order valence-electron chi connectivity index (χ4n) is 3.71. The topological polar surface area (TPSA) is 53.0 Å². The van der Waals surface area contributed by atoms with E-state index in [9.17, 15) is 17.2 Å². The van der Waals surface area contributed by atoms with Gasteiger partial charge in [0.1, 0.15) is 17.5 Å². The number of nitrogens with zero attached hydrogens (tertiary/aromatic N) is 3. The fourth-order valence-corrected chi connectivity index (χ4v) is 5.32. The summed E-state index contributed by atoms with van der Waals surface area (Å²) in [5.41, 5.74) is 1.59. The van der Waals surface area contributed by atoms with Gasteiger partial charge in [0.25, 0.3) is 0 Å². The van der Waals surface area contributed by atoms with Gasteiger partial charge in [0.15, 0.2) is 0 Å². The van der Waals surface area contributed by atoms with E-state index in [1.165, 1.54) is 28.6 Å². The maximum atomic E-state index is 13.2. The first-order valence-electron chi connectivity index (χ1n) is 11.2. The summed E-state index contributed by atoms with van der Waals surface area (Å²) < 4.78 is 53.7. The Morgan fingerprint density at radius 3 is 2.09 bits per heavy atom. The number of hydrogen-bond acceptors (Lipinski definition) is 3. The highest BCUT2D eigenvalue weighted by molar-refractivity contribution is 7.89. The maximum Gasteiger partial charge on any atom is 0.243 e. The highest BCUT2D eigenvalue weighted by atomic mass is 32.2. The first kappa shape index (κ1) is 26.7. The molecule has 0 spiro atoms. The molecule has 0 radical (unpaired) electrons. The Morgan fingerprint density at radius 2 is 1.58 bits per heavy atom. The fraction of sp³-hybridized carbons (Fsp3) is 0.400. The Bertz CT molecular complexity index is 1050. The molecule has 5 nitrogen and oxygen atoms in total. The Balaban J connectivity index is 0.00000187. The van der Waals surface area contributed by atoms with Crippen molar-refractivity contribution in [2.24, 2.45) is 4.99 Å². The van der Waals surface area contributed by atoms with Crippen LogP contribution in [0.1, 0.15) is 39.7 Å². The molecule has 0 bridgehead atoms. The van der Waals surface area contributed by atoms with E-state index in [1.54, 1.807) is 12.1 Å². The molecule has 0 N–H and O–H groups in total. The molecule has 1 aliphatic heterocycles. The van der Waals surface area contributed by atoms with Crippen molar-refractivity contribution < 1.29 is 17.2 Å². The van der Waals surface area contributed by atoms with E-state index in [4.69, 9.17) is 0 Å². The lowest BCUT2D eigenvalue weighted by atomic mass is 10.1. The number of allylic oxidation sites excluding steroid dienone is 1. The van der Waals surface area contributed by atoms with Gasteiger partial charge in [-0.2, -0.15) is 4.31 Å². The standard InChI is InChI=1S/C23H27F2N3O2S.C2H6/c1-4-23(26-17(2)15-19-5-7-20(24)8-6-19)27-13-14-28(18(3)16-27)31(29,30)22-11-9-21(25)10-12-22;1-2/h5-12,18H,2,4,13-16H2,1,3H3;1-2H3. The van der Waals surface area contributed by atoms with E-state index in [-0.39, 0.29) is 16.8 Å². The number of halogens is 2. The van der Waals surface area contributed by atoms with Crippen LogP contribution in [0.4, 0.5) is 8.78 Å². The first-order valence-corrected chi connectivity index (χ1v) is 12.7. The number of hydrogen-bond donors (Lipinski definition) is 0. The van der Waals surface area contributed by atoms with Crippen LogP contribution in [0.25, 0.3) is 0 Å². The van der Waals surface area contributed by atoms with Crippen molar-refractivity contribution in [2.75, 3.05) is 19.6 Å². The minimum atomic E-state index is -3.70. The minimum absolute atomic E-state index is 0.0891. The molecular weight excluding hydrogens is 444 g/mol. The minimum Gasteiger partial charge on any atom is -0.357 e. The highest BCUT2D eigenvalue weighted by Gasteiger charge is 2.34. The molecule has 1 fully saturated rings. The molecule has 1 saturated heterocycles. The summed E-state index contributed by atoms with van der Waals surface area (Å²) >= 11 is 0. The van der Waals surface area contributed by atoms with E-state index in [0.717, 1.165) is 23.5 Å². The molecule has 1 atom stereocenters. The van der Waals surface area contributed by atoms with Crippen LogP contribution in [0.2, 0.25) is 0 Å². The quantitative estimate of drug-likeness (QED) is 0.422. The summed E-state index contributed by atoms with van der Waals surface area (Å²) in [5, 5.41) is 0. The van der Waals surface area contributed by atoms with Crippen molar-refractivity contribution in [3.63, 3.8) is 0 Å². The maximum absolute atomic E-state index is 13.2. The van der Waals surface area contributed by atoms with Crippen LogP contribution in [0.15, 0.2) is 70.7 Å². The molecule has 0 aliphatic carbocycles. The molecule has 0 aromatic heterocycles. The molecule has 2 aromatic carbocycles. The van der Waals surface area contributed by atoms with Crippen LogP contribution < -0.4 is 0 Å². The second kappa shape index (κ2) is 12.0. The zero-order valence-corrected chi connectivity index (χ0v) is 20.6. The number of amidine groups is 1. The number of aliphatic imine (C=N–C) groups is 1. The average Bonchev–Trinajstić information content (AvgIpc) is 2.80. The summed E-state index contributed by atoms with van der Waals surface area (Å²) in [7, 11) is -3.70. The van der Waals surface area contributed by atoms with Gasteiger partial charge in [-0.05, 0) is 48.9 Å². The molecule has 8 heteroatoms. The smallest absolute Gasteiger partial charge is 0.243 e. The van der Waals surface area contributed by atoms with Gasteiger partial charge in [-0.25, -0.2) is 22.2 Å². The molecule has 3 rings (SSSR count). The normalized spacial score (nSPS) is 17.3. The molecule has 1 unspecified atom stereocenters. The lowest BCUT2D eigenvalue weighted by Gasteiger charge is -2.40. The van der Waals surface area contributed by atoms with Crippen molar-refractivity contribution >= 4 is 15.9 Å². The van der Waals surface area contributed by atoms with E-state index >= 15 is 0 Å². The SMILES string of the molecule is C=C(Cc1ccc(F)cc1)N=C(CC)N1CCN(S(=O)(=O)c2ccc(F)cc2)C(C)C1.CC. The van der Waals surface area contributed by atoms with Gasteiger partial charge in [0, 0.05) is 44.2 Å². The molecule has 2 aromatic rings. The van der Waals surface area contributed by atoms with Gasteiger partial charge < -0.3 is 4.90 Å². The average molecular weight is 478 g/mol. The number of piperazine rings is 1. The van der Waals surface area contributed by atoms with Crippen molar-refractivity contribution in [2.45, 2.75) is 51.5 Å². The number of sulfonamides is 1. The molecule has 180 valence electrons. The Hall–Kier alpha value is -2.58.